The van der Waals surface area contributed by atoms with Crippen molar-refractivity contribution in [1.82, 2.24) is 16.0 Å². The average molecular weight is 1410 g/mol. The minimum Gasteiger partial charge on any atom is -1.00 e. The lowest BCUT2D eigenvalue weighted by molar-refractivity contribution is -0.398. The van der Waals surface area contributed by atoms with Crippen LogP contribution in [0.15, 0.2) is 121 Å². The highest BCUT2D eigenvalue weighted by Gasteiger charge is 2.50. The van der Waals surface area contributed by atoms with E-state index in [0.717, 1.165) is 12.0 Å². The molecule has 99 heavy (non-hydrogen) atoms. The quantitative estimate of drug-likeness (QED) is 0.0154. The number of ether oxygens (including phenoxy) is 6. The van der Waals surface area contributed by atoms with Crippen molar-refractivity contribution in [2.24, 2.45) is 0 Å². The number of fused-ring (bicyclic) bond motifs is 3. The molecule has 3 aliphatic rings. The summed E-state index contributed by atoms with van der Waals surface area (Å²) in [5, 5.41) is 72.5. The van der Waals surface area contributed by atoms with Crippen LogP contribution in [0, 0.1) is 0 Å². The molecule has 1 fully saturated rings. The summed E-state index contributed by atoms with van der Waals surface area (Å²) < 4.78 is 33.8. The van der Waals surface area contributed by atoms with Crippen LogP contribution in [0.3, 0.4) is 0 Å². The van der Waals surface area contributed by atoms with Crippen LogP contribution in [0.25, 0.3) is 0 Å². The molecule has 0 saturated carbocycles. The molecule has 9 atom stereocenters. The fourth-order valence-electron chi connectivity index (χ4n) is 11.5. The number of phenols is 2. The van der Waals surface area contributed by atoms with Crippen LogP contribution in [0.2, 0.25) is 0 Å². The predicted molar refractivity (Wildman–Crippen MR) is 344 cm³/mol. The number of benzene rings is 6. The Balaban J connectivity index is 0.00000689. The number of Topliss-reactive ketones (excluding diaryl/α,β-unsaturated/α-hetero) is 1. The highest BCUT2D eigenvalue weighted by atomic mass is 35.5. The second kappa shape index (κ2) is 34.6. The SMILES string of the molecule is COc1cccc2c1C(=O)c1c(O)c3c(c(O)c1C2=O)C[C@@](O)(C(=O)CO)C[C@@H]3O[C@H]1C[C@H](NC(=O)OCc2ccc(NC(=O)OCc3ccc(NC(=O)OCc4ccc(NC(=O)[C@H](CCCC[NH3+])NC(=O)[C@H](Cc5ccccc5)NC(=O)[C@@H](C)[NH3+])cc4)cc3)cc2)[C@H](O)[C@H](C)O1.[Cl-].[Cl-]. The van der Waals surface area contributed by atoms with Gasteiger partial charge in [-0.05, 0) is 97.8 Å². The van der Waals surface area contributed by atoms with E-state index in [2.05, 4.69) is 43.4 Å². The first-order valence-electron chi connectivity index (χ1n) is 31.4. The van der Waals surface area contributed by atoms with Gasteiger partial charge in [0.05, 0.1) is 48.6 Å². The molecule has 0 bridgehead atoms. The molecule has 6 aromatic carbocycles. The van der Waals surface area contributed by atoms with Crippen LogP contribution >= 0.6 is 0 Å². The van der Waals surface area contributed by atoms with Crippen LogP contribution in [0.1, 0.15) is 117 Å². The van der Waals surface area contributed by atoms with Crippen LogP contribution < -0.4 is 72.9 Å². The third kappa shape index (κ3) is 18.9. The zero-order valence-corrected chi connectivity index (χ0v) is 55.7. The lowest BCUT2D eigenvalue weighted by Gasteiger charge is -2.42. The van der Waals surface area contributed by atoms with Gasteiger partial charge in [-0.25, -0.2) is 14.4 Å². The Morgan fingerprint density at radius 2 is 1.20 bits per heavy atom. The zero-order chi connectivity index (χ0) is 69.7. The third-order valence-electron chi connectivity index (χ3n) is 16.8. The fourth-order valence-corrected chi connectivity index (χ4v) is 11.5. The number of ketones is 3. The van der Waals surface area contributed by atoms with E-state index < -0.39 is 150 Å². The van der Waals surface area contributed by atoms with E-state index in [1.54, 1.807) is 79.7 Å². The smallest absolute Gasteiger partial charge is 0.411 e. The molecule has 1 aliphatic heterocycles. The molecule has 30 heteroatoms. The fraction of sp³-hybridized carbons (Fsp3) is 0.348. The van der Waals surface area contributed by atoms with Crippen LogP contribution in [-0.2, 0) is 75.5 Å². The standard InChI is InChI=1S/C69H76N8O20.2ClH/c1-36(71)63(85)76-49(28-38-10-5-4-6-11-38)65(87)75-47(13-7-8-27-70)64(86)72-42-21-15-39(16-22-42)33-93-66(88)73-43-23-17-40(18-24-43)34-94-67(89)74-44-25-19-41(20-26-44)35-95-68(90)77-48-29-53(96-37(2)58(48)80)97-51-31-69(91,52(79)32-78)30-46-55(51)62(84)57-56(60(46)82)59(81)45-12-9-14-50(92-3)54(45)61(57)83;;/h4-6,9-12,14-26,36-37,47-49,51,53,58,78,80,82,84,91H,7-8,13,27-35,70-71H2,1-3H3,(H,72,86)(H,73,88)(H,74,89)(H,75,87)(H,76,85)(H,77,90);2*1H/t36-,37+,47+,48+,49+,51+,53+,58-,69+;;/m1../s1. The van der Waals surface area contributed by atoms with Gasteiger partial charge in [-0.1, -0.05) is 78.9 Å². The van der Waals surface area contributed by atoms with Gasteiger partial charge in [0.15, 0.2) is 23.9 Å². The Morgan fingerprint density at radius 1 is 0.657 bits per heavy atom. The lowest BCUT2D eigenvalue weighted by atomic mass is 9.72. The Morgan fingerprint density at radius 3 is 1.75 bits per heavy atom. The molecule has 9 rings (SSSR count). The summed E-state index contributed by atoms with van der Waals surface area (Å²) in [4.78, 5) is 120. The molecular weight excluding hydrogens is 1330 g/mol. The van der Waals surface area contributed by atoms with E-state index in [4.69, 9.17) is 28.4 Å². The van der Waals surface area contributed by atoms with E-state index in [-0.39, 0.29) is 85.5 Å². The first-order chi connectivity index (χ1) is 46.5. The van der Waals surface area contributed by atoms with Gasteiger partial charge in [0, 0.05) is 59.4 Å². The Kier molecular flexibility index (Phi) is 26.8. The average Bonchev–Trinajstić information content (AvgIpc) is 0.711. The van der Waals surface area contributed by atoms with E-state index in [1.165, 1.54) is 32.2 Å². The number of alkyl carbamates (subject to hydrolysis) is 1. The lowest BCUT2D eigenvalue weighted by Crippen LogP contribution is -3.00. The largest absolute Gasteiger partial charge is 1.00 e. The number of unbranched alkanes of at least 4 members (excludes halogenated alkanes) is 1. The molecule has 1 saturated heterocycles. The van der Waals surface area contributed by atoms with Gasteiger partial charge in [0.25, 0.3) is 5.91 Å². The molecule has 1 heterocycles. The van der Waals surface area contributed by atoms with Crippen molar-refractivity contribution < 1.29 is 133 Å². The number of anilines is 3. The summed E-state index contributed by atoms with van der Waals surface area (Å²) in [6.07, 6.45) is -7.41. The van der Waals surface area contributed by atoms with Gasteiger partial charge < -0.3 is 112 Å². The van der Waals surface area contributed by atoms with Gasteiger partial charge >= 0.3 is 18.3 Å². The maximum Gasteiger partial charge on any atom is 0.411 e. The molecule has 0 radical (unpaired) electrons. The van der Waals surface area contributed by atoms with Crippen molar-refractivity contribution >= 4 is 70.4 Å². The zero-order valence-electron chi connectivity index (χ0n) is 54.2. The molecule has 28 nitrogen and oxygen atoms in total. The second-order valence-electron chi connectivity index (χ2n) is 23.9. The van der Waals surface area contributed by atoms with E-state index in [0.29, 0.717) is 53.1 Å². The molecule has 2 aliphatic carbocycles. The van der Waals surface area contributed by atoms with Crippen LogP contribution in [-0.4, -0.2) is 147 Å². The number of aromatic hydroxyl groups is 2. The van der Waals surface area contributed by atoms with Gasteiger partial charge in [-0.15, -0.1) is 0 Å². The number of hydrogen-bond donors (Lipinski definition) is 13. The number of rotatable bonds is 26. The van der Waals surface area contributed by atoms with Crippen molar-refractivity contribution in [3.63, 3.8) is 0 Å². The van der Waals surface area contributed by atoms with Crippen LogP contribution in [0.5, 0.6) is 17.2 Å². The van der Waals surface area contributed by atoms with Gasteiger partial charge in [-0.3, -0.25) is 39.4 Å². The summed E-state index contributed by atoms with van der Waals surface area (Å²) in [5.41, 5.74) is 6.99. The van der Waals surface area contributed by atoms with E-state index >= 15 is 0 Å². The Hall–Kier alpha value is -9.75. The van der Waals surface area contributed by atoms with Crippen molar-refractivity contribution in [3.8, 4) is 17.2 Å². The van der Waals surface area contributed by atoms with Gasteiger partial charge in [-0.2, -0.15) is 0 Å². The number of nitrogens with one attached hydrogen (secondary N) is 6. The molecule has 528 valence electrons. The number of amides is 6. The number of methoxy groups -OCH3 is 1. The summed E-state index contributed by atoms with van der Waals surface area (Å²) in [6, 6.07) is 29.2. The highest BCUT2D eigenvalue weighted by molar-refractivity contribution is 6.31. The minimum atomic E-state index is -2.41. The molecule has 6 aromatic rings. The predicted octanol–water partition coefficient (Wildman–Crippen LogP) is -2.33. The van der Waals surface area contributed by atoms with Gasteiger partial charge in [0.1, 0.15) is 67.5 Å². The Labute approximate surface area is 580 Å². The van der Waals surface area contributed by atoms with Crippen molar-refractivity contribution in [3.05, 3.63) is 177 Å². The molecule has 6 amide bonds. The molecule has 0 spiro atoms. The Bertz CT molecular complexity index is 3910. The number of phenolic OH excluding ortho intramolecular Hbond substituents is 2. The normalized spacial score (nSPS) is 19.0. The minimum absolute atomic E-state index is 0. The first kappa shape index (κ1) is 76.6. The molecule has 17 N–H and O–H groups in total. The topological polar surface area (TPSA) is 438 Å². The monoisotopic (exact) mass is 1410 g/mol. The summed E-state index contributed by atoms with van der Waals surface area (Å²) in [5.74, 6) is -5.68. The van der Waals surface area contributed by atoms with Crippen molar-refractivity contribution in [2.45, 2.75) is 133 Å². The maximum atomic E-state index is 14.1. The molecule has 0 unspecified atom stereocenters. The summed E-state index contributed by atoms with van der Waals surface area (Å²) >= 11 is 0. The number of aliphatic hydroxyl groups is 3. The summed E-state index contributed by atoms with van der Waals surface area (Å²) in [6.45, 7) is 2.14. The number of carbonyl (C=O) groups excluding carboxylic acids is 9. The van der Waals surface area contributed by atoms with E-state index in [9.17, 15) is 68.7 Å². The number of aliphatic hydroxyl groups excluding tert-OH is 2. The van der Waals surface area contributed by atoms with Crippen molar-refractivity contribution in [1.29, 1.82) is 0 Å². The highest BCUT2D eigenvalue weighted by Crippen LogP contribution is 2.53. The third-order valence-corrected chi connectivity index (χ3v) is 16.8. The van der Waals surface area contributed by atoms with Gasteiger partial charge in [0.2, 0.25) is 17.6 Å². The molecule has 0 aromatic heterocycles. The van der Waals surface area contributed by atoms with E-state index in [1.807, 2.05) is 30.3 Å². The second-order valence-corrected chi connectivity index (χ2v) is 23.9. The number of halogens is 2. The van der Waals surface area contributed by atoms with Crippen LogP contribution in [0.4, 0.5) is 31.4 Å². The maximum absolute atomic E-state index is 14.1. The number of hydrogen-bond acceptors (Lipinski definition) is 20. The van der Waals surface area contributed by atoms with Crippen molar-refractivity contribution in [2.75, 3.05) is 36.2 Å². The summed E-state index contributed by atoms with van der Waals surface area (Å²) in [7, 11) is 1.29. The number of carbonyl (C=O) groups is 9. The number of quaternary nitrogens is 2. The molecular formula is C69H78Cl2N8O20. The first-order valence-corrected chi connectivity index (χ1v) is 31.4.